The van der Waals surface area contributed by atoms with Crippen molar-refractivity contribution in [3.05, 3.63) is 35.8 Å². The average Bonchev–Trinajstić information content (AvgIpc) is 2.63. The van der Waals surface area contributed by atoms with Crippen LogP contribution in [0, 0.1) is 5.82 Å². The lowest BCUT2D eigenvalue weighted by atomic mass is 10.2. The maximum atomic E-state index is 12.7. The summed E-state index contributed by atoms with van der Waals surface area (Å²) >= 11 is 0. The largest absolute Gasteiger partial charge is 0.360 e. The normalized spacial score (nSPS) is 9.36. The molecule has 0 saturated carbocycles. The van der Waals surface area contributed by atoms with Crippen LogP contribution in [0.2, 0.25) is 0 Å². The fraction of sp³-hybridized carbons (Fsp3) is 0.182. The third kappa shape index (κ3) is 1.82. The van der Waals surface area contributed by atoms with E-state index in [0.29, 0.717) is 17.2 Å². The summed E-state index contributed by atoms with van der Waals surface area (Å²) < 4.78 is 12.7. The molecule has 0 fully saturated rings. The zero-order valence-corrected chi connectivity index (χ0v) is 8.17. The zero-order valence-electron chi connectivity index (χ0n) is 8.17. The maximum absolute atomic E-state index is 12.7. The molecule has 74 valence electrons. The van der Waals surface area contributed by atoms with Crippen LogP contribution in [0.5, 0.6) is 0 Å². The van der Waals surface area contributed by atoms with Crippen molar-refractivity contribution in [1.82, 2.24) is 4.98 Å². The predicted molar refractivity (Wildman–Crippen MR) is 55.0 cm³/mol. The van der Waals surface area contributed by atoms with Crippen molar-refractivity contribution in [2.75, 3.05) is 0 Å². The summed E-state index contributed by atoms with van der Waals surface area (Å²) in [5, 5.41) is 0.630. The lowest BCUT2D eigenvalue weighted by molar-refractivity contribution is 0.112. The molecule has 0 saturated heterocycles. The Balaban J connectivity index is 0.000000461. The van der Waals surface area contributed by atoms with Crippen molar-refractivity contribution in [3.63, 3.8) is 0 Å². The molecule has 0 radical (unpaired) electrons. The minimum atomic E-state index is -0.329. The molecule has 0 aliphatic rings. The van der Waals surface area contributed by atoms with E-state index in [1.54, 1.807) is 12.3 Å². The Bertz CT molecular complexity index is 434. The number of aromatic nitrogens is 1. The van der Waals surface area contributed by atoms with Crippen molar-refractivity contribution >= 4 is 17.2 Å². The van der Waals surface area contributed by atoms with Crippen LogP contribution in [0.4, 0.5) is 4.39 Å². The van der Waals surface area contributed by atoms with Crippen molar-refractivity contribution in [2.45, 2.75) is 13.8 Å². The predicted octanol–water partition coefficient (Wildman–Crippen LogP) is 3.15. The van der Waals surface area contributed by atoms with Gasteiger partial charge in [-0.15, -0.1) is 0 Å². The molecule has 14 heavy (non-hydrogen) atoms. The van der Waals surface area contributed by atoms with Crippen molar-refractivity contribution in [3.8, 4) is 0 Å². The number of halogens is 1. The van der Waals surface area contributed by atoms with E-state index in [0.717, 1.165) is 5.52 Å². The number of benzene rings is 1. The van der Waals surface area contributed by atoms with Crippen LogP contribution in [-0.2, 0) is 0 Å². The minimum absolute atomic E-state index is 0.329. The minimum Gasteiger partial charge on any atom is -0.360 e. The molecule has 0 aliphatic heterocycles. The van der Waals surface area contributed by atoms with Crippen LogP contribution in [-0.4, -0.2) is 11.3 Å². The van der Waals surface area contributed by atoms with Gasteiger partial charge in [0.05, 0.1) is 0 Å². The fourth-order valence-corrected chi connectivity index (χ4v) is 1.21. The number of carbonyl (C=O) groups excluding carboxylic acids is 1. The number of rotatable bonds is 1. The summed E-state index contributed by atoms with van der Waals surface area (Å²) in [5.41, 5.74) is 1.27. The Hall–Kier alpha value is -1.64. The van der Waals surface area contributed by atoms with Crippen LogP contribution in [0.3, 0.4) is 0 Å². The highest BCUT2D eigenvalue weighted by Crippen LogP contribution is 2.17. The van der Waals surface area contributed by atoms with E-state index in [9.17, 15) is 9.18 Å². The molecule has 1 N–H and O–H groups in total. The number of aldehydes is 1. The van der Waals surface area contributed by atoms with Gasteiger partial charge in [0.2, 0.25) is 0 Å². The highest BCUT2D eigenvalue weighted by atomic mass is 19.1. The highest BCUT2D eigenvalue weighted by molar-refractivity contribution is 5.97. The summed E-state index contributed by atoms with van der Waals surface area (Å²) in [4.78, 5) is 13.3. The van der Waals surface area contributed by atoms with Crippen molar-refractivity contribution in [2.24, 2.45) is 0 Å². The second-order valence-electron chi connectivity index (χ2n) is 2.55. The van der Waals surface area contributed by atoms with Gasteiger partial charge in [0.1, 0.15) is 5.82 Å². The molecule has 1 heterocycles. The fourth-order valence-electron chi connectivity index (χ4n) is 1.21. The van der Waals surface area contributed by atoms with Crippen molar-refractivity contribution < 1.29 is 9.18 Å². The Kier molecular flexibility index (Phi) is 3.40. The van der Waals surface area contributed by atoms with Crippen LogP contribution in [0.1, 0.15) is 24.2 Å². The molecule has 1 aromatic carbocycles. The molecule has 3 heteroatoms. The quantitative estimate of drug-likeness (QED) is 0.693. The summed E-state index contributed by atoms with van der Waals surface area (Å²) in [7, 11) is 0. The molecule has 0 unspecified atom stereocenters. The summed E-state index contributed by atoms with van der Waals surface area (Å²) in [6.07, 6.45) is 2.27. The number of aromatic amines is 1. The zero-order chi connectivity index (χ0) is 10.6. The molecular formula is C11H12FNO. The van der Waals surface area contributed by atoms with E-state index in [1.807, 2.05) is 13.8 Å². The molecule has 0 spiro atoms. The van der Waals surface area contributed by atoms with Crippen LogP contribution < -0.4 is 0 Å². The van der Waals surface area contributed by atoms with Gasteiger partial charge in [0.15, 0.2) is 6.29 Å². The van der Waals surface area contributed by atoms with Gasteiger partial charge in [-0.3, -0.25) is 4.79 Å². The molecule has 0 atom stereocenters. The summed E-state index contributed by atoms with van der Waals surface area (Å²) in [6, 6.07) is 4.31. The smallest absolute Gasteiger partial charge is 0.152 e. The monoisotopic (exact) mass is 193 g/mol. The second kappa shape index (κ2) is 4.56. The number of carbonyl (C=O) groups is 1. The molecule has 1 aromatic heterocycles. The Labute approximate surface area is 81.7 Å². The first-order chi connectivity index (χ1) is 6.81. The van der Waals surface area contributed by atoms with Gasteiger partial charge >= 0.3 is 0 Å². The SMILES string of the molecule is CC.O=Cc1c[nH]c2ccc(F)cc12. The van der Waals surface area contributed by atoms with E-state index < -0.39 is 0 Å². The maximum Gasteiger partial charge on any atom is 0.152 e. The molecule has 0 bridgehead atoms. The van der Waals surface area contributed by atoms with E-state index in [-0.39, 0.29) is 5.82 Å². The molecule has 2 nitrogen and oxygen atoms in total. The lowest BCUT2D eigenvalue weighted by Gasteiger charge is -1.89. The topological polar surface area (TPSA) is 32.9 Å². The molecule has 2 aromatic rings. The first-order valence-corrected chi connectivity index (χ1v) is 4.53. The van der Waals surface area contributed by atoms with Crippen LogP contribution in [0.25, 0.3) is 10.9 Å². The van der Waals surface area contributed by atoms with Crippen LogP contribution >= 0.6 is 0 Å². The average molecular weight is 193 g/mol. The molecular weight excluding hydrogens is 181 g/mol. The van der Waals surface area contributed by atoms with E-state index in [4.69, 9.17) is 0 Å². The third-order valence-electron chi connectivity index (χ3n) is 1.80. The van der Waals surface area contributed by atoms with Crippen LogP contribution in [0.15, 0.2) is 24.4 Å². The molecule has 0 aliphatic carbocycles. The Morgan fingerprint density at radius 1 is 1.36 bits per heavy atom. The number of H-pyrrole nitrogens is 1. The first-order valence-electron chi connectivity index (χ1n) is 4.53. The van der Waals surface area contributed by atoms with Gasteiger partial charge in [0.25, 0.3) is 0 Å². The summed E-state index contributed by atoms with van der Waals surface area (Å²) in [6.45, 7) is 4.00. The van der Waals surface area contributed by atoms with E-state index in [2.05, 4.69) is 4.98 Å². The van der Waals surface area contributed by atoms with E-state index >= 15 is 0 Å². The van der Waals surface area contributed by atoms with E-state index in [1.165, 1.54) is 12.1 Å². The number of hydrogen-bond acceptors (Lipinski definition) is 1. The van der Waals surface area contributed by atoms with Gasteiger partial charge in [-0.1, -0.05) is 13.8 Å². The number of fused-ring (bicyclic) bond motifs is 1. The first kappa shape index (κ1) is 10.4. The number of nitrogens with one attached hydrogen (secondary N) is 1. The van der Waals surface area contributed by atoms with Gasteiger partial charge in [0, 0.05) is 22.7 Å². The van der Waals surface area contributed by atoms with Gasteiger partial charge in [-0.25, -0.2) is 4.39 Å². The van der Waals surface area contributed by atoms with Gasteiger partial charge in [-0.2, -0.15) is 0 Å². The van der Waals surface area contributed by atoms with Gasteiger partial charge < -0.3 is 4.98 Å². The Morgan fingerprint density at radius 3 is 2.71 bits per heavy atom. The third-order valence-corrected chi connectivity index (χ3v) is 1.80. The highest BCUT2D eigenvalue weighted by Gasteiger charge is 2.02. The standard InChI is InChI=1S/C9H6FNO.C2H6/c10-7-1-2-9-8(3-7)6(5-12)4-11-9;1-2/h1-5,11H;1-2H3. The van der Waals surface area contributed by atoms with Crippen molar-refractivity contribution in [1.29, 1.82) is 0 Å². The second-order valence-corrected chi connectivity index (χ2v) is 2.55. The lowest BCUT2D eigenvalue weighted by Crippen LogP contribution is -1.76. The number of hydrogen-bond donors (Lipinski definition) is 1. The van der Waals surface area contributed by atoms with Gasteiger partial charge in [-0.05, 0) is 18.2 Å². The molecule has 2 rings (SSSR count). The molecule has 0 amide bonds. The Morgan fingerprint density at radius 2 is 2.07 bits per heavy atom. The summed E-state index contributed by atoms with van der Waals surface area (Å²) in [5.74, 6) is -0.329.